The molecule has 2 aromatic carbocycles. The summed E-state index contributed by atoms with van der Waals surface area (Å²) in [6.45, 7) is 0. The van der Waals surface area contributed by atoms with E-state index in [-0.39, 0.29) is 17.2 Å². The molecule has 0 spiro atoms. The van der Waals surface area contributed by atoms with Gasteiger partial charge in [-0.25, -0.2) is 4.98 Å². The summed E-state index contributed by atoms with van der Waals surface area (Å²) in [5, 5.41) is 12.9. The third-order valence-electron chi connectivity index (χ3n) is 4.22. The van der Waals surface area contributed by atoms with Crippen LogP contribution in [0.25, 0.3) is 10.9 Å². The Kier molecular flexibility index (Phi) is 4.98. The second-order valence-electron chi connectivity index (χ2n) is 6.33. The Morgan fingerprint density at radius 2 is 1.87 bits per heavy atom. The molecule has 0 aliphatic heterocycles. The number of hydrogen-bond acceptors (Lipinski definition) is 4. The van der Waals surface area contributed by atoms with Gasteiger partial charge in [0.05, 0.1) is 10.6 Å². The highest BCUT2D eigenvalue weighted by atomic mass is 35.5. The molecule has 9 heteroatoms. The lowest BCUT2D eigenvalue weighted by molar-refractivity contribution is -0.137. The number of ether oxygens (including phenoxy) is 1. The quantitative estimate of drug-likeness (QED) is 0.382. The third-order valence-corrected chi connectivity index (χ3v) is 4.54. The van der Waals surface area contributed by atoms with Crippen LogP contribution in [0.4, 0.5) is 24.7 Å². The normalized spacial score (nSPS) is 11.3. The molecular weight excluding hydrogens is 417 g/mol. The average molecular weight is 429 g/mol. The van der Waals surface area contributed by atoms with Crippen molar-refractivity contribution in [2.45, 2.75) is 6.18 Å². The summed E-state index contributed by atoms with van der Waals surface area (Å²) < 4.78 is 44.2. The third kappa shape index (κ3) is 4.16. The molecule has 0 fully saturated rings. The maximum absolute atomic E-state index is 12.9. The van der Waals surface area contributed by atoms with Crippen LogP contribution in [-0.4, -0.2) is 9.97 Å². The van der Waals surface area contributed by atoms with Gasteiger partial charge in [0.15, 0.2) is 0 Å². The Hall–Kier alpha value is -3.70. The van der Waals surface area contributed by atoms with Crippen LogP contribution < -0.4 is 10.1 Å². The predicted molar refractivity (Wildman–Crippen MR) is 107 cm³/mol. The van der Waals surface area contributed by atoms with Crippen molar-refractivity contribution >= 4 is 34.0 Å². The number of pyridine rings is 1. The van der Waals surface area contributed by atoms with Crippen LogP contribution in [-0.2, 0) is 6.18 Å². The lowest BCUT2D eigenvalue weighted by Crippen LogP contribution is -2.05. The molecule has 150 valence electrons. The van der Waals surface area contributed by atoms with Gasteiger partial charge in [0.25, 0.3) is 0 Å². The minimum atomic E-state index is -4.56. The van der Waals surface area contributed by atoms with Crippen LogP contribution in [0.15, 0.2) is 60.8 Å². The van der Waals surface area contributed by atoms with Gasteiger partial charge in [0.1, 0.15) is 29.1 Å². The molecule has 0 aliphatic carbocycles. The summed E-state index contributed by atoms with van der Waals surface area (Å²) in [7, 11) is 0. The van der Waals surface area contributed by atoms with E-state index in [0.717, 1.165) is 34.8 Å². The van der Waals surface area contributed by atoms with E-state index in [1.54, 1.807) is 0 Å². The van der Waals surface area contributed by atoms with Crippen LogP contribution in [0.5, 0.6) is 11.5 Å². The zero-order valence-electron chi connectivity index (χ0n) is 15.1. The van der Waals surface area contributed by atoms with Crippen molar-refractivity contribution < 1.29 is 17.9 Å². The summed E-state index contributed by atoms with van der Waals surface area (Å²) >= 11 is 5.74. The summed E-state index contributed by atoms with van der Waals surface area (Å²) in [6.07, 6.45) is -2.73. The molecule has 4 aromatic rings. The highest BCUT2D eigenvalue weighted by Crippen LogP contribution is 2.37. The molecule has 0 radical (unpaired) electrons. The molecule has 0 saturated carbocycles. The summed E-state index contributed by atoms with van der Waals surface area (Å²) in [4.78, 5) is 7.29. The fraction of sp³-hybridized carbons (Fsp3) is 0.0476. The number of benzene rings is 2. The number of nitrogens with one attached hydrogen (secondary N) is 2. The van der Waals surface area contributed by atoms with E-state index >= 15 is 0 Å². The first-order chi connectivity index (χ1) is 14.3. The van der Waals surface area contributed by atoms with Crippen LogP contribution in [0, 0.1) is 11.3 Å². The molecule has 2 N–H and O–H groups in total. The molecule has 0 aliphatic rings. The van der Waals surface area contributed by atoms with Gasteiger partial charge in [-0.2, -0.15) is 18.4 Å². The van der Waals surface area contributed by atoms with E-state index in [4.69, 9.17) is 16.3 Å². The topological polar surface area (TPSA) is 73.7 Å². The van der Waals surface area contributed by atoms with Gasteiger partial charge in [-0.15, -0.1) is 0 Å². The van der Waals surface area contributed by atoms with E-state index < -0.39 is 16.8 Å². The molecule has 30 heavy (non-hydrogen) atoms. The number of hydrogen-bond donors (Lipinski definition) is 2. The highest BCUT2D eigenvalue weighted by molar-refractivity contribution is 6.31. The number of aromatic nitrogens is 2. The number of fused-ring (bicyclic) bond motifs is 1. The molecule has 0 saturated heterocycles. The van der Waals surface area contributed by atoms with Gasteiger partial charge in [0.2, 0.25) is 0 Å². The number of rotatable bonds is 4. The summed E-state index contributed by atoms with van der Waals surface area (Å²) in [5.74, 6) is 0.663. The summed E-state index contributed by atoms with van der Waals surface area (Å²) in [5.41, 5.74) is 0.781. The number of anilines is 2. The molecule has 2 aromatic heterocycles. The minimum Gasteiger partial charge on any atom is -0.457 e. The Balaban J connectivity index is 1.61. The Labute approximate surface area is 173 Å². The second-order valence-corrected chi connectivity index (χ2v) is 6.74. The first-order valence-electron chi connectivity index (χ1n) is 8.63. The van der Waals surface area contributed by atoms with Crippen molar-refractivity contribution in [3.8, 4) is 17.6 Å². The molecule has 2 heterocycles. The standard InChI is InChI=1S/C21H12ClF3N4O/c22-18-9-15(3-4-17(18)21(23,24)25)30-16-7-14(11-26)29-20(10-16)28-13-2-1-12-5-6-27-19(12)8-13/h1-10,27H,(H,28,29). The smallest absolute Gasteiger partial charge is 0.417 e. The predicted octanol–water partition coefficient (Wildman–Crippen LogP) is 6.64. The van der Waals surface area contributed by atoms with Crippen LogP contribution in [0.1, 0.15) is 11.3 Å². The van der Waals surface area contributed by atoms with Gasteiger partial charge in [-0.1, -0.05) is 17.7 Å². The first kappa shape index (κ1) is 19.6. The van der Waals surface area contributed by atoms with Crippen LogP contribution >= 0.6 is 11.6 Å². The molecule has 0 amide bonds. The number of alkyl halides is 3. The van der Waals surface area contributed by atoms with Crippen molar-refractivity contribution in [2.75, 3.05) is 5.32 Å². The second kappa shape index (κ2) is 7.61. The van der Waals surface area contributed by atoms with E-state index in [2.05, 4.69) is 15.3 Å². The lowest BCUT2D eigenvalue weighted by atomic mass is 10.2. The van der Waals surface area contributed by atoms with Crippen molar-refractivity contribution in [3.63, 3.8) is 0 Å². The Morgan fingerprint density at radius 3 is 2.60 bits per heavy atom. The SMILES string of the molecule is N#Cc1cc(Oc2ccc(C(F)(F)F)c(Cl)c2)cc(Nc2ccc3cc[nH]c3c2)n1. The fourth-order valence-electron chi connectivity index (χ4n) is 2.88. The maximum Gasteiger partial charge on any atom is 0.417 e. The maximum atomic E-state index is 12.9. The van der Waals surface area contributed by atoms with Crippen LogP contribution in [0.2, 0.25) is 5.02 Å². The molecule has 0 unspecified atom stereocenters. The van der Waals surface area contributed by atoms with Crippen molar-refractivity contribution in [3.05, 3.63) is 77.1 Å². The zero-order valence-corrected chi connectivity index (χ0v) is 15.8. The molecule has 5 nitrogen and oxygen atoms in total. The van der Waals surface area contributed by atoms with E-state index in [0.29, 0.717) is 5.82 Å². The number of nitrogens with zero attached hydrogens (tertiary/aromatic N) is 2. The van der Waals surface area contributed by atoms with Gasteiger partial charge in [-0.3, -0.25) is 0 Å². The molecule has 0 bridgehead atoms. The Morgan fingerprint density at radius 1 is 1.03 bits per heavy atom. The van der Waals surface area contributed by atoms with Crippen molar-refractivity contribution in [2.24, 2.45) is 0 Å². The molecule has 4 rings (SSSR count). The fourth-order valence-corrected chi connectivity index (χ4v) is 3.16. The average Bonchev–Trinajstić information content (AvgIpc) is 3.14. The van der Waals surface area contributed by atoms with Crippen molar-refractivity contribution in [1.29, 1.82) is 5.26 Å². The summed E-state index contributed by atoms with van der Waals surface area (Å²) in [6, 6.07) is 15.5. The minimum absolute atomic E-state index is 0.0777. The lowest BCUT2D eigenvalue weighted by Gasteiger charge is -2.12. The molecular formula is C21H12ClF3N4O. The van der Waals surface area contributed by atoms with Gasteiger partial charge >= 0.3 is 6.18 Å². The van der Waals surface area contributed by atoms with E-state index in [9.17, 15) is 18.4 Å². The van der Waals surface area contributed by atoms with Gasteiger partial charge in [-0.05, 0) is 35.7 Å². The van der Waals surface area contributed by atoms with E-state index in [1.165, 1.54) is 12.1 Å². The number of halogens is 4. The monoisotopic (exact) mass is 428 g/mol. The van der Waals surface area contributed by atoms with E-state index in [1.807, 2.05) is 36.5 Å². The van der Waals surface area contributed by atoms with Gasteiger partial charge in [0, 0.05) is 35.6 Å². The highest BCUT2D eigenvalue weighted by Gasteiger charge is 2.33. The number of H-pyrrole nitrogens is 1. The largest absolute Gasteiger partial charge is 0.457 e. The van der Waals surface area contributed by atoms with Crippen molar-refractivity contribution in [1.82, 2.24) is 9.97 Å². The number of nitriles is 1. The Bertz CT molecular complexity index is 1280. The van der Waals surface area contributed by atoms with Gasteiger partial charge < -0.3 is 15.0 Å². The van der Waals surface area contributed by atoms with Crippen LogP contribution in [0.3, 0.4) is 0 Å². The zero-order chi connectivity index (χ0) is 21.3. The molecule has 0 atom stereocenters. The first-order valence-corrected chi connectivity index (χ1v) is 9.00. The number of aromatic amines is 1.